The minimum absolute atomic E-state index is 0.0362. The van der Waals surface area contributed by atoms with Crippen LogP contribution in [-0.2, 0) is 4.79 Å². The highest BCUT2D eigenvalue weighted by Gasteiger charge is 2.07. The summed E-state index contributed by atoms with van der Waals surface area (Å²) >= 11 is 0. The fourth-order valence-corrected chi connectivity index (χ4v) is 1.53. The van der Waals surface area contributed by atoms with E-state index in [0.29, 0.717) is 19.4 Å². The van der Waals surface area contributed by atoms with E-state index in [9.17, 15) is 4.79 Å². The monoisotopic (exact) mass is 236 g/mol. The lowest BCUT2D eigenvalue weighted by atomic mass is 10.1. The summed E-state index contributed by atoms with van der Waals surface area (Å²) in [7, 11) is 1.63. The molecule has 1 atom stereocenters. The van der Waals surface area contributed by atoms with Crippen molar-refractivity contribution in [1.29, 1.82) is 0 Å². The minimum atomic E-state index is -0.0508. The molecule has 0 aliphatic carbocycles. The standard InChI is InChI=1S/C13H20N2O2/c1-10(14)11-6-3-4-7-12(11)17-9-5-8-13(16)15-2/h3-4,6-7,10H,5,8-9,14H2,1-2H3,(H,15,16). The van der Waals surface area contributed by atoms with Crippen molar-refractivity contribution in [3.63, 3.8) is 0 Å². The molecule has 94 valence electrons. The number of benzene rings is 1. The summed E-state index contributed by atoms with van der Waals surface area (Å²) in [6, 6.07) is 7.66. The third kappa shape index (κ3) is 4.44. The van der Waals surface area contributed by atoms with Crippen molar-refractivity contribution in [3.05, 3.63) is 29.8 Å². The van der Waals surface area contributed by atoms with Crippen molar-refractivity contribution in [3.8, 4) is 5.75 Å². The number of carbonyl (C=O) groups excluding carboxylic acids is 1. The van der Waals surface area contributed by atoms with Gasteiger partial charge in [-0.3, -0.25) is 4.79 Å². The quantitative estimate of drug-likeness (QED) is 0.737. The van der Waals surface area contributed by atoms with Gasteiger partial charge in [0.15, 0.2) is 0 Å². The van der Waals surface area contributed by atoms with Crippen molar-refractivity contribution in [2.45, 2.75) is 25.8 Å². The van der Waals surface area contributed by atoms with E-state index in [1.165, 1.54) is 0 Å². The molecule has 1 aromatic carbocycles. The van der Waals surface area contributed by atoms with E-state index in [0.717, 1.165) is 11.3 Å². The highest BCUT2D eigenvalue weighted by molar-refractivity contribution is 5.75. The molecule has 1 aromatic rings. The average Bonchev–Trinajstić information content (AvgIpc) is 2.34. The molecule has 17 heavy (non-hydrogen) atoms. The van der Waals surface area contributed by atoms with E-state index in [1.54, 1.807) is 7.05 Å². The largest absolute Gasteiger partial charge is 0.493 e. The predicted molar refractivity (Wildman–Crippen MR) is 67.8 cm³/mol. The average molecular weight is 236 g/mol. The Labute approximate surface area is 102 Å². The first kappa shape index (κ1) is 13.5. The van der Waals surface area contributed by atoms with E-state index in [4.69, 9.17) is 10.5 Å². The van der Waals surface area contributed by atoms with Crippen LogP contribution in [0.3, 0.4) is 0 Å². The zero-order valence-electron chi connectivity index (χ0n) is 10.4. The van der Waals surface area contributed by atoms with Gasteiger partial charge in [-0.1, -0.05) is 18.2 Å². The Kier molecular flexibility index (Phi) is 5.49. The lowest BCUT2D eigenvalue weighted by molar-refractivity contribution is -0.120. The van der Waals surface area contributed by atoms with E-state index in [1.807, 2.05) is 31.2 Å². The van der Waals surface area contributed by atoms with Crippen LogP contribution in [0.15, 0.2) is 24.3 Å². The van der Waals surface area contributed by atoms with Crippen molar-refractivity contribution >= 4 is 5.91 Å². The van der Waals surface area contributed by atoms with Gasteiger partial charge < -0.3 is 15.8 Å². The smallest absolute Gasteiger partial charge is 0.219 e. The van der Waals surface area contributed by atoms with Gasteiger partial charge in [0.05, 0.1) is 6.61 Å². The molecule has 0 bridgehead atoms. The Balaban J connectivity index is 2.44. The molecule has 1 amide bonds. The van der Waals surface area contributed by atoms with E-state index in [2.05, 4.69) is 5.32 Å². The second-order valence-corrected chi connectivity index (χ2v) is 3.95. The topological polar surface area (TPSA) is 64.3 Å². The van der Waals surface area contributed by atoms with Crippen LogP contribution in [0.1, 0.15) is 31.4 Å². The van der Waals surface area contributed by atoms with Gasteiger partial charge in [-0.25, -0.2) is 0 Å². The molecule has 0 radical (unpaired) electrons. The summed E-state index contributed by atoms with van der Waals surface area (Å²) in [5.41, 5.74) is 6.84. The second kappa shape index (κ2) is 6.91. The van der Waals surface area contributed by atoms with Gasteiger partial charge in [-0.05, 0) is 19.4 Å². The Morgan fingerprint density at radius 3 is 2.82 bits per heavy atom. The molecule has 0 heterocycles. The SMILES string of the molecule is CNC(=O)CCCOc1ccccc1C(C)N. The third-order valence-corrected chi connectivity index (χ3v) is 2.49. The van der Waals surface area contributed by atoms with Crippen molar-refractivity contribution < 1.29 is 9.53 Å². The van der Waals surface area contributed by atoms with Gasteiger partial charge >= 0.3 is 0 Å². The number of amides is 1. The maximum absolute atomic E-state index is 11.0. The maximum Gasteiger partial charge on any atom is 0.219 e. The Bertz CT molecular complexity index is 364. The van der Waals surface area contributed by atoms with Crippen molar-refractivity contribution in [2.75, 3.05) is 13.7 Å². The lowest BCUT2D eigenvalue weighted by Gasteiger charge is -2.13. The minimum Gasteiger partial charge on any atom is -0.493 e. The Hall–Kier alpha value is -1.55. The molecule has 0 aliphatic heterocycles. The molecule has 4 heteroatoms. The molecular weight excluding hydrogens is 216 g/mol. The number of hydrogen-bond donors (Lipinski definition) is 2. The van der Waals surface area contributed by atoms with Gasteiger partial charge in [-0.15, -0.1) is 0 Å². The number of nitrogens with one attached hydrogen (secondary N) is 1. The molecule has 0 fully saturated rings. The van der Waals surface area contributed by atoms with Gasteiger partial charge in [0.25, 0.3) is 0 Å². The summed E-state index contributed by atoms with van der Waals surface area (Å²) < 4.78 is 5.63. The molecule has 3 N–H and O–H groups in total. The van der Waals surface area contributed by atoms with Gasteiger partial charge in [0.2, 0.25) is 5.91 Å². The van der Waals surface area contributed by atoms with Crippen LogP contribution in [0.2, 0.25) is 0 Å². The predicted octanol–water partition coefficient (Wildman–Crippen LogP) is 1.61. The molecule has 0 aromatic heterocycles. The van der Waals surface area contributed by atoms with Gasteiger partial charge in [0.1, 0.15) is 5.75 Å². The fraction of sp³-hybridized carbons (Fsp3) is 0.462. The van der Waals surface area contributed by atoms with Crippen LogP contribution >= 0.6 is 0 Å². The van der Waals surface area contributed by atoms with Crippen LogP contribution in [-0.4, -0.2) is 19.6 Å². The lowest BCUT2D eigenvalue weighted by Crippen LogP contribution is -2.18. The van der Waals surface area contributed by atoms with Crippen molar-refractivity contribution in [1.82, 2.24) is 5.32 Å². The van der Waals surface area contributed by atoms with Gasteiger partial charge in [0, 0.05) is 25.1 Å². The van der Waals surface area contributed by atoms with Crippen LogP contribution in [0.4, 0.5) is 0 Å². The normalized spacial score (nSPS) is 11.9. The summed E-state index contributed by atoms with van der Waals surface area (Å²) in [5, 5.41) is 2.58. The van der Waals surface area contributed by atoms with Crippen LogP contribution < -0.4 is 15.8 Å². The summed E-state index contributed by atoms with van der Waals surface area (Å²) in [6.45, 7) is 2.45. The van der Waals surface area contributed by atoms with E-state index in [-0.39, 0.29) is 11.9 Å². The molecule has 0 saturated carbocycles. The number of carbonyl (C=O) groups is 1. The van der Waals surface area contributed by atoms with Crippen LogP contribution in [0.5, 0.6) is 5.75 Å². The molecule has 4 nitrogen and oxygen atoms in total. The zero-order chi connectivity index (χ0) is 12.7. The first-order valence-electron chi connectivity index (χ1n) is 5.83. The maximum atomic E-state index is 11.0. The highest BCUT2D eigenvalue weighted by Crippen LogP contribution is 2.23. The molecule has 0 saturated heterocycles. The molecule has 1 unspecified atom stereocenters. The molecule has 1 rings (SSSR count). The summed E-state index contributed by atoms with van der Waals surface area (Å²) in [4.78, 5) is 11.0. The number of rotatable bonds is 6. The van der Waals surface area contributed by atoms with Gasteiger partial charge in [-0.2, -0.15) is 0 Å². The molecule has 0 aliphatic rings. The van der Waals surface area contributed by atoms with E-state index < -0.39 is 0 Å². The van der Waals surface area contributed by atoms with Crippen LogP contribution in [0, 0.1) is 0 Å². The Morgan fingerprint density at radius 2 is 2.18 bits per heavy atom. The number of ether oxygens (including phenoxy) is 1. The highest BCUT2D eigenvalue weighted by atomic mass is 16.5. The third-order valence-electron chi connectivity index (χ3n) is 2.49. The van der Waals surface area contributed by atoms with Crippen LogP contribution in [0.25, 0.3) is 0 Å². The summed E-state index contributed by atoms with van der Waals surface area (Å²) in [5.74, 6) is 0.841. The first-order chi connectivity index (χ1) is 8.15. The molecule has 0 spiro atoms. The number of hydrogen-bond acceptors (Lipinski definition) is 3. The fourth-order valence-electron chi connectivity index (χ4n) is 1.53. The zero-order valence-corrected chi connectivity index (χ0v) is 10.4. The Morgan fingerprint density at radius 1 is 1.47 bits per heavy atom. The van der Waals surface area contributed by atoms with Crippen molar-refractivity contribution in [2.24, 2.45) is 5.73 Å². The number of para-hydroxylation sites is 1. The summed E-state index contributed by atoms with van der Waals surface area (Å²) in [6.07, 6.45) is 1.18. The molecular formula is C13H20N2O2. The number of nitrogens with two attached hydrogens (primary N) is 1. The second-order valence-electron chi connectivity index (χ2n) is 3.95. The first-order valence-corrected chi connectivity index (χ1v) is 5.83. The van der Waals surface area contributed by atoms with E-state index >= 15 is 0 Å².